The largest absolute Gasteiger partial charge is 0.494 e. The Labute approximate surface area is 394 Å². The standard InChI is InChI=1S/C55H62O12/c1-9-30-55(36-64-52(58)39(4)5,37-65-53(59)40(6)7)31-34-62-47-23-19-44(20-24-47)43-17-14-42(15-18-43)16-29-50(56)67-49-28-27-48(35-41(49)8)66-54(60)45-21-25-46(26-22-45)61-32-12-10-11-13-33-63-51(57)38(2)3/h14-29,35H,2,4,6,9-13,30-34,36-37H2,1,3,5,7-8H3/b29-16+. The summed E-state index contributed by atoms with van der Waals surface area (Å²) in [5.74, 6) is -0.545. The number of carbonyl (C=O) groups excluding carboxylic acids is 5. The van der Waals surface area contributed by atoms with E-state index in [4.69, 9.17) is 33.2 Å². The van der Waals surface area contributed by atoms with Crippen molar-refractivity contribution in [2.45, 2.75) is 79.6 Å². The van der Waals surface area contributed by atoms with Crippen LogP contribution in [0.2, 0.25) is 0 Å². The van der Waals surface area contributed by atoms with Crippen molar-refractivity contribution in [3.8, 4) is 34.1 Å². The molecule has 0 bridgehead atoms. The van der Waals surface area contributed by atoms with Crippen LogP contribution in [-0.2, 0) is 33.4 Å². The minimum atomic E-state index is -0.649. The van der Waals surface area contributed by atoms with Crippen LogP contribution in [-0.4, -0.2) is 62.9 Å². The first kappa shape index (κ1) is 52.4. The first-order chi connectivity index (χ1) is 32.1. The Kier molecular flexibility index (Phi) is 20.9. The number of rotatable bonds is 27. The van der Waals surface area contributed by atoms with Gasteiger partial charge in [0.2, 0.25) is 0 Å². The zero-order valence-electron chi connectivity index (χ0n) is 39.3. The molecule has 0 saturated carbocycles. The van der Waals surface area contributed by atoms with Crippen molar-refractivity contribution in [1.29, 1.82) is 0 Å². The van der Waals surface area contributed by atoms with E-state index in [1.165, 1.54) is 6.08 Å². The normalized spacial score (nSPS) is 11.0. The monoisotopic (exact) mass is 914 g/mol. The first-order valence-electron chi connectivity index (χ1n) is 22.3. The summed E-state index contributed by atoms with van der Waals surface area (Å²) in [6, 6.07) is 26.8. The van der Waals surface area contributed by atoms with Crippen molar-refractivity contribution in [3.63, 3.8) is 0 Å². The van der Waals surface area contributed by atoms with Crippen molar-refractivity contribution >= 4 is 35.9 Å². The van der Waals surface area contributed by atoms with Gasteiger partial charge in [0, 0.05) is 28.2 Å². The minimum Gasteiger partial charge on any atom is -0.494 e. The van der Waals surface area contributed by atoms with Gasteiger partial charge in [0.05, 0.1) is 25.4 Å². The maximum Gasteiger partial charge on any atom is 0.343 e. The average molecular weight is 915 g/mol. The molecule has 4 aromatic carbocycles. The van der Waals surface area contributed by atoms with Crippen LogP contribution in [0.4, 0.5) is 0 Å². The molecule has 0 radical (unpaired) electrons. The van der Waals surface area contributed by atoms with Gasteiger partial charge in [-0.15, -0.1) is 0 Å². The lowest BCUT2D eigenvalue weighted by Crippen LogP contribution is -2.36. The molecule has 354 valence electrons. The van der Waals surface area contributed by atoms with E-state index in [-0.39, 0.29) is 30.3 Å². The van der Waals surface area contributed by atoms with Gasteiger partial charge in [-0.1, -0.05) is 69.5 Å². The van der Waals surface area contributed by atoms with E-state index in [1.807, 2.05) is 55.5 Å². The zero-order valence-corrected chi connectivity index (χ0v) is 39.3. The summed E-state index contributed by atoms with van der Waals surface area (Å²) in [7, 11) is 0. The molecule has 67 heavy (non-hydrogen) atoms. The predicted octanol–water partition coefficient (Wildman–Crippen LogP) is 11.4. The van der Waals surface area contributed by atoms with E-state index in [9.17, 15) is 24.0 Å². The summed E-state index contributed by atoms with van der Waals surface area (Å²) in [6.45, 7) is 20.7. The fraction of sp³-hybridized carbons (Fsp3) is 0.327. The molecule has 0 aromatic heterocycles. The fourth-order valence-corrected chi connectivity index (χ4v) is 6.58. The third-order valence-electron chi connectivity index (χ3n) is 10.5. The first-order valence-corrected chi connectivity index (χ1v) is 22.3. The zero-order chi connectivity index (χ0) is 48.8. The summed E-state index contributed by atoms with van der Waals surface area (Å²) in [6.07, 6.45) is 8.37. The third-order valence-corrected chi connectivity index (χ3v) is 10.5. The molecule has 4 rings (SSSR count). The summed E-state index contributed by atoms with van der Waals surface area (Å²) in [5.41, 5.74) is 4.01. The smallest absolute Gasteiger partial charge is 0.343 e. The maximum absolute atomic E-state index is 12.8. The van der Waals surface area contributed by atoms with Gasteiger partial charge in [0.15, 0.2) is 0 Å². The summed E-state index contributed by atoms with van der Waals surface area (Å²) in [5, 5.41) is 0. The Hall–Kier alpha value is -7.21. The summed E-state index contributed by atoms with van der Waals surface area (Å²) in [4.78, 5) is 61.5. The minimum absolute atomic E-state index is 0.0540. The molecule has 0 fully saturated rings. The Morgan fingerprint density at radius 1 is 0.567 bits per heavy atom. The fourth-order valence-electron chi connectivity index (χ4n) is 6.58. The van der Waals surface area contributed by atoms with Crippen LogP contribution in [0.1, 0.15) is 94.1 Å². The topological polar surface area (TPSA) is 150 Å². The van der Waals surface area contributed by atoms with E-state index < -0.39 is 29.3 Å². The highest BCUT2D eigenvalue weighted by Gasteiger charge is 2.33. The van der Waals surface area contributed by atoms with Crippen molar-refractivity contribution in [2.75, 3.05) is 33.0 Å². The van der Waals surface area contributed by atoms with Crippen molar-refractivity contribution in [3.05, 3.63) is 150 Å². The Morgan fingerprint density at radius 3 is 1.63 bits per heavy atom. The molecule has 12 nitrogen and oxygen atoms in total. The molecule has 0 N–H and O–H groups in total. The lowest BCUT2D eigenvalue weighted by molar-refractivity contribution is -0.150. The van der Waals surface area contributed by atoms with Crippen LogP contribution in [0, 0.1) is 12.3 Å². The highest BCUT2D eigenvalue weighted by Crippen LogP contribution is 2.32. The van der Waals surface area contributed by atoms with Gasteiger partial charge in [0.1, 0.15) is 36.2 Å². The molecule has 0 heterocycles. The molecule has 0 spiro atoms. The number of benzene rings is 4. The van der Waals surface area contributed by atoms with Gasteiger partial charge in [-0.25, -0.2) is 24.0 Å². The number of aryl methyl sites for hydroxylation is 1. The molecular formula is C55H62O12. The van der Waals surface area contributed by atoms with Crippen LogP contribution in [0.25, 0.3) is 17.2 Å². The highest BCUT2D eigenvalue weighted by atomic mass is 16.6. The second-order valence-electron chi connectivity index (χ2n) is 16.5. The molecule has 4 aromatic rings. The molecule has 12 heteroatoms. The molecule has 0 aliphatic rings. The van der Waals surface area contributed by atoms with Gasteiger partial charge < -0.3 is 33.2 Å². The lowest BCUT2D eigenvalue weighted by Gasteiger charge is -2.32. The second-order valence-corrected chi connectivity index (χ2v) is 16.5. The van der Waals surface area contributed by atoms with E-state index in [0.717, 1.165) is 48.8 Å². The predicted molar refractivity (Wildman–Crippen MR) is 258 cm³/mol. The van der Waals surface area contributed by atoms with Crippen LogP contribution in [0.3, 0.4) is 0 Å². The lowest BCUT2D eigenvalue weighted by atomic mass is 9.82. The number of hydrogen-bond acceptors (Lipinski definition) is 12. The van der Waals surface area contributed by atoms with Crippen molar-refractivity contribution < 1.29 is 57.1 Å². The molecule has 0 amide bonds. The number of ether oxygens (including phenoxy) is 7. The van der Waals surface area contributed by atoms with E-state index in [0.29, 0.717) is 72.4 Å². The molecular weight excluding hydrogens is 853 g/mol. The van der Waals surface area contributed by atoms with Crippen molar-refractivity contribution in [1.82, 2.24) is 0 Å². The van der Waals surface area contributed by atoms with E-state index >= 15 is 0 Å². The van der Waals surface area contributed by atoms with E-state index in [2.05, 4.69) is 19.7 Å². The van der Waals surface area contributed by atoms with Crippen LogP contribution < -0.4 is 18.9 Å². The molecule has 0 aliphatic carbocycles. The third kappa shape index (κ3) is 17.9. The van der Waals surface area contributed by atoms with Crippen molar-refractivity contribution in [2.24, 2.45) is 5.41 Å². The van der Waals surface area contributed by atoms with Gasteiger partial charge in [-0.3, -0.25) is 0 Å². The number of unbranched alkanes of at least 4 members (excludes halogenated alkanes) is 3. The summed E-state index contributed by atoms with van der Waals surface area (Å²) < 4.78 is 39.2. The Morgan fingerprint density at radius 2 is 1.07 bits per heavy atom. The van der Waals surface area contributed by atoms with Gasteiger partial charge in [-0.05, 0) is 149 Å². The van der Waals surface area contributed by atoms with Crippen LogP contribution >= 0.6 is 0 Å². The van der Waals surface area contributed by atoms with Crippen LogP contribution in [0.15, 0.2) is 134 Å². The highest BCUT2D eigenvalue weighted by molar-refractivity contribution is 5.92. The molecule has 0 aliphatic heterocycles. The number of esters is 5. The molecule has 0 unspecified atom stereocenters. The van der Waals surface area contributed by atoms with Gasteiger partial charge in [0.25, 0.3) is 0 Å². The maximum atomic E-state index is 12.8. The van der Waals surface area contributed by atoms with E-state index in [1.54, 1.807) is 76.2 Å². The Balaban J connectivity index is 1.22. The Bertz CT molecular complexity index is 2340. The van der Waals surface area contributed by atoms with Crippen LogP contribution in [0.5, 0.6) is 23.0 Å². The molecule has 0 saturated heterocycles. The van der Waals surface area contributed by atoms with Gasteiger partial charge in [-0.2, -0.15) is 0 Å². The SMILES string of the molecule is C=C(C)C(=O)OCCCCCCOc1ccc(C(=O)Oc2ccc(OC(=O)/C=C/c3ccc(-c4ccc(OCCC(CCC)(COC(=O)C(=C)C)COC(=O)C(=C)C)cc4)cc3)c(C)c2)cc1. The summed E-state index contributed by atoms with van der Waals surface area (Å²) >= 11 is 0. The average Bonchev–Trinajstić information content (AvgIpc) is 3.31. The molecule has 0 atom stereocenters. The van der Waals surface area contributed by atoms with Gasteiger partial charge >= 0.3 is 29.8 Å². The number of carbonyl (C=O) groups is 5. The second kappa shape index (κ2) is 26.7. The quantitative estimate of drug-likeness (QED) is 0.0184. The number of hydrogen-bond donors (Lipinski definition) is 0.